The average Bonchev–Trinajstić information content (AvgIpc) is 2.65. The fourth-order valence-electron chi connectivity index (χ4n) is 3.69. The van der Waals surface area contributed by atoms with E-state index in [1.165, 1.54) is 0 Å². The van der Waals surface area contributed by atoms with Gasteiger partial charge in [-0.2, -0.15) is 5.10 Å². The van der Waals surface area contributed by atoms with Gasteiger partial charge in [0, 0.05) is 29.4 Å². The molecule has 5 nitrogen and oxygen atoms in total. The summed E-state index contributed by atoms with van der Waals surface area (Å²) in [6.07, 6.45) is 5.85. The Kier molecular flexibility index (Phi) is 4.22. The molecule has 1 aliphatic carbocycles. The number of aryl methyl sites for hydroxylation is 1. The van der Waals surface area contributed by atoms with E-state index in [0.29, 0.717) is 6.04 Å². The number of rotatable bonds is 3. The van der Waals surface area contributed by atoms with E-state index < -0.39 is 0 Å². The molecule has 1 N–H and O–H groups in total. The fourth-order valence-corrected chi connectivity index (χ4v) is 3.69. The number of fused-ring (bicyclic) bond motifs is 1. The normalized spacial score (nSPS) is 20.5. The molecule has 1 fully saturated rings. The molecule has 0 unspecified atom stereocenters. The Morgan fingerprint density at radius 2 is 1.84 bits per heavy atom. The van der Waals surface area contributed by atoms with E-state index in [2.05, 4.69) is 21.5 Å². The summed E-state index contributed by atoms with van der Waals surface area (Å²) < 4.78 is 1.67. The average molecular weight is 334 g/mol. The van der Waals surface area contributed by atoms with Crippen molar-refractivity contribution in [3.63, 3.8) is 0 Å². The molecule has 0 amide bonds. The van der Waals surface area contributed by atoms with Crippen LogP contribution in [0.4, 0.5) is 5.69 Å². The Balaban J connectivity index is 1.47. The summed E-state index contributed by atoms with van der Waals surface area (Å²) in [5.74, 6) is 0. The van der Waals surface area contributed by atoms with Crippen molar-refractivity contribution < 1.29 is 0 Å². The van der Waals surface area contributed by atoms with Gasteiger partial charge in [0.25, 0.3) is 5.56 Å². The monoisotopic (exact) mass is 334 g/mol. The van der Waals surface area contributed by atoms with Crippen LogP contribution in [0.25, 0.3) is 10.9 Å². The first kappa shape index (κ1) is 15.8. The minimum atomic E-state index is 0.00198. The standard InChI is InChI=1S/C20H22N4O/c1-14-6-11-20(25)24(23-14)16-9-7-15(8-10-16)22-19-12-13-21-18-5-3-2-4-17(18)19/h2-6,11-13,15-16H,7-10H2,1H3,(H,21,22). The molecule has 1 aliphatic rings. The van der Waals surface area contributed by atoms with E-state index in [0.717, 1.165) is 48.0 Å². The lowest BCUT2D eigenvalue weighted by molar-refractivity contribution is 0.302. The molecule has 0 saturated heterocycles. The Morgan fingerprint density at radius 3 is 2.68 bits per heavy atom. The van der Waals surface area contributed by atoms with Crippen LogP contribution < -0.4 is 10.9 Å². The number of para-hydroxylation sites is 1. The van der Waals surface area contributed by atoms with Gasteiger partial charge < -0.3 is 5.32 Å². The molecular formula is C20H22N4O. The van der Waals surface area contributed by atoms with Crippen LogP contribution in [0, 0.1) is 6.92 Å². The second-order valence-electron chi connectivity index (χ2n) is 6.78. The van der Waals surface area contributed by atoms with Crippen LogP contribution in [0.1, 0.15) is 37.4 Å². The topological polar surface area (TPSA) is 59.8 Å². The van der Waals surface area contributed by atoms with E-state index in [1.54, 1.807) is 16.8 Å². The van der Waals surface area contributed by atoms with Crippen molar-refractivity contribution >= 4 is 16.6 Å². The minimum Gasteiger partial charge on any atom is -0.382 e. The van der Waals surface area contributed by atoms with Crippen molar-refractivity contribution in [1.29, 1.82) is 0 Å². The summed E-state index contributed by atoms with van der Waals surface area (Å²) in [4.78, 5) is 16.5. The molecule has 3 aromatic rings. The van der Waals surface area contributed by atoms with Gasteiger partial charge in [0.2, 0.25) is 0 Å². The predicted molar refractivity (Wildman–Crippen MR) is 99.9 cm³/mol. The molecule has 1 saturated carbocycles. The van der Waals surface area contributed by atoms with Crippen LogP contribution in [0.2, 0.25) is 0 Å². The molecule has 2 heterocycles. The Hall–Kier alpha value is -2.69. The highest BCUT2D eigenvalue weighted by molar-refractivity contribution is 5.90. The molecule has 1 aromatic carbocycles. The third-order valence-corrected chi connectivity index (χ3v) is 5.01. The van der Waals surface area contributed by atoms with Crippen molar-refractivity contribution in [1.82, 2.24) is 14.8 Å². The van der Waals surface area contributed by atoms with Gasteiger partial charge in [-0.1, -0.05) is 18.2 Å². The van der Waals surface area contributed by atoms with Crippen molar-refractivity contribution in [3.8, 4) is 0 Å². The van der Waals surface area contributed by atoms with E-state index in [1.807, 2.05) is 37.4 Å². The number of hydrogen-bond donors (Lipinski definition) is 1. The van der Waals surface area contributed by atoms with Crippen LogP contribution in [0.3, 0.4) is 0 Å². The van der Waals surface area contributed by atoms with Gasteiger partial charge in [-0.3, -0.25) is 9.78 Å². The van der Waals surface area contributed by atoms with Gasteiger partial charge in [-0.05, 0) is 50.8 Å². The smallest absolute Gasteiger partial charge is 0.267 e. The first-order chi connectivity index (χ1) is 12.2. The summed E-state index contributed by atoms with van der Waals surface area (Å²) in [7, 11) is 0. The maximum Gasteiger partial charge on any atom is 0.267 e. The molecule has 0 spiro atoms. The van der Waals surface area contributed by atoms with Crippen molar-refractivity contribution in [2.24, 2.45) is 0 Å². The molecule has 128 valence electrons. The molecule has 0 atom stereocenters. The fraction of sp³-hybridized carbons (Fsp3) is 0.350. The Labute approximate surface area is 146 Å². The van der Waals surface area contributed by atoms with Crippen LogP contribution in [0.5, 0.6) is 0 Å². The lowest BCUT2D eigenvalue weighted by atomic mass is 9.91. The zero-order valence-corrected chi connectivity index (χ0v) is 14.4. The van der Waals surface area contributed by atoms with Gasteiger partial charge in [-0.25, -0.2) is 4.68 Å². The molecular weight excluding hydrogens is 312 g/mol. The Morgan fingerprint density at radius 1 is 1.04 bits per heavy atom. The molecule has 4 rings (SSSR count). The summed E-state index contributed by atoms with van der Waals surface area (Å²) >= 11 is 0. The molecule has 5 heteroatoms. The largest absolute Gasteiger partial charge is 0.382 e. The molecule has 2 aromatic heterocycles. The zero-order valence-electron chi connectivity index (χ0n) is 14.4. The number of benzene rings is 1. The van der Waals surface area contributed by atoms with E-state index in [9.17, 15) is 4.79 Å². The Bertz CT molecular complexity index is 936. The second-order valence-corrected chi connectivity index (χ2v) is 6.78. The van der Waals surface area contributed by atoms with Gasteiger partial charge >= 0.3 is 0 Å². The molecule has 0 radical (unpaired) electrons. The number of aromatic nitrogens is 3. The lowest BCUT2D eigenvalue weighted by Crippen LogP contribution is -2.33. The molecule has 25 heavy (non-hydrogen) atoms. The molecule has 0 aliphatic heterocycles. The predicted octanol–water partition coefficient (Wildman–Crippen LogP) is 3.70. The van der Waals surface area contributed by atoms with Crippen LogP contribution in [0.15, 0.2) is 53.5 Å². The van der Waals surface area contributed by atoms with E-state index in [-0.39, 0.29) is 11.6 Å². The van der Waals surface area contributed by atoms with Gasteiger partial charge in [0.1, 0.15) is 0 Å². The number of hydrogen-bond acceptors (Lipinski definition) is 4. The third kappa shape index (κ3) is 3.27. The lowest BCUT2D eigenvalue weighted by Gasteiger charge is -2.30. The number of pyridine rings is 1. The first-order valence-electron chi connectivity index (χ1n) is 8.87. The summed E-state index contributed by atoms with van der Waals surface area (Å²) in [5.41, 5.74) is 3.04. The summed E-state index contributed by atoms with van der Waals surface area (Å²) in [5, 5.41) is 9.25. The first-order valence-corrected chi connectivity index (χ1v) is 8.87. The maximum absolute atomic E-state index is 12.1. The minimum absolute atomic E-state index is 0.00198. The highest BCUT2D eigenvalue weighted by atomic mass is 16.1. The van der Waals surface area contributed by atoms with Crippen molar-refractivity contribution in [2.75, 3.05) is 5.32 Å². The van der Waals surface area contributed by atoms with Crippen molar-refractivity contribution in [2.45, 2.75) is 44.7 Å². The summed E-state index contributed by atoms with van der Waals surface area (Å²) in [6.45, 7) is 1.93. The van der Waals surface area contributed by atoms with Crippen LogP contribution >= 0.6 is 0 Å². The van der Waals surface area contributed by atoms with Crippen LogP contribution in [-0.2, 0) is 0 Å². The zero-order chi connectivity index (χ0) is 17.2. The molecule has 0 bridgehead atoms. The van der Waals surface area contributed by atoms with Gasteiger partial charge in [0.05, 0.1) is 17.3 Å². The van der Waals surface area contributed by atoms with Crippen LogP contribution in [-0.4, -0.2) is 20.8 Å². The maximum atomic E-state index is 12.1. The second kappa shape index (κ2) is 6.67. The van der Waals surface area contributed by atoms with Crippen molar-refractivity contribution in [3.05, 3.63) is 64.7 Å². The number of nitrogens with one attached hydrogen (secondary N) is 1. The van der Waals surface area contributed by atoms with E-state index >= 15 is 0 Å². The van der Waals surface area contributed by atoms with Gasteiger partial charge in [-0.15, -0.1) is 0 Å². The number of anilines is 1. The van der Waals surface area contributed by atoms with Gasteiger partial charge in [0.15, 0.2) is 0 Å². The quantitative estimate of drug-likeness (QED) is 0.793. The SMILES string of the molecule is Cc1ccc(=O)n(C2CCC(Nc3ccnc4ccccc34)CC2)n1. The highest BCUT2D eigenvalue weighted by Crippen LogP contribution is 2.30. The highest BCUT2D eigenvalue weighted by Gasteiger charge is 2.24. The third-order valence-electron chi connectivity index (χ3n) is 5.01. The number of nitrogens with zero attached hydrogens (tertiary/aromatic N) is 3. The summed E-state index contributed by atoms with van der Waals surface area (Å²) in [6, 6.07) is 14.3. The van der Waals surface area contributed by atoms with E-state index in [4.69, 9.17) is 0 Å².